The Morgan fingerprint density at radius 2 is 1.90 bits per heavy atom. The van der Waals surface area contributed by atoms with Crippen molar-refractivity contribution in [2.24, 2.45) is 5.92 Å². The highest BCUT2D eigenvalue weighted by Crippen LogP contribution is 2.23. The van der Waals surface area contributed by atoms with Crippen molar-refractivity contribution in [3.8, 4) is 0 Å². The van der Waals surface area contributed by atoms with Crippen LogP contribution in [0.1, 0.15) is 24.8 Å². The van der Waals surface area contributed by atoms with Crippen molar-refractivity contribution in [2.45, 2.75) is 31.8 Å². The Morgan fingerprint density at radius 3 is 2.60 bits per heavy atom. The molecule has 0 aromatic heterocycles. The third-order valence-corrected chi connectivity index (χ3v) is 5.79. The zero-order valence-electron chi connectivity index (χ0n) is 12.3. The molecular formula is C17H26N2S. The summed E-state index contributed by atoms with van der Waals surface area (Å²) in [6.07, 6.45) is 4.05. The molecule has 1 atom stereocenters. The first-order valence-corrected chi connectivity index (χ1v) is 9.13. The fraction of sp³-hybridized carbons (Fsp3) is 0.647. The lowest BCUT2D eigenvalue weighted by atomic mass is 10.0. The lowest BCUT2D eigenvalue weighted by molar-refractivity contribution is 0.188. The Labute approximate surface area is 127 Å². The molecule has 2 heterocycles. The molecule has 2 saturated heterocycles. The van der Waals surface area contributed by atoms with Gasteiger partial charge in [-0.3, -0.25) is 4.90 Å². The molecule has 2 nitrogen and oxygen atoms in total. The molecule has 1 N–H and O–H groups in total. The van der Waals surface area contributed by atoms with E-state index in [-0.39, 0.29) is 0 Å². The molecule has 20 heavy (non-hydrogen) atoms. The van der Waals surface area contributed by atoms with Crippen LogP contribution in [0.3, 0.4) is 0 Å². The van der Waals surface area contributed by atoms with Gasteiger partial charge in [-0.25, -0.2) is 0 Å². The molecule has 2 aliphatic heterocycles. The maximum absolute atomic E-state index is 3.81. The van der Waals surface area contributed by atoms with Crippen molar-refractivity contribution in [3.05, 3.63) is 35.9 Å². The smallest absolute Gasteiger partial charge is 0.0233 e. The summed E-state index contributed by atoms with van der Waals surface area (Å²) in [4.78, 5) is 2.60. The van der Waals surface area contributed by atoms with E-state index in [0.29, 0.717) is 0 Å². The van der Waals surface area contributed by atoms with Crippen LogP contribution in [0.2, 0.25) is 0 Å². The number of hydrogen-bond acceptors (Lipinski definition) is 3. The van der Waals surface area contributed by atoms with Gasteiger partial charge in [0.05, 0.1) is 0 Å². The van der Waals surface area contributed by atoms with Gasteiger partial charge in [0.1, 0.15) is 0 Å². The Bertz CT molecular complexity index is 381. The number of thioether (sulfide) groups is 1. The lowest BCUT2D eigenvalue weighted by Gasteiger charge is -2.33. The summed E-state index contributed by atoms with van der Waals surface area (Å²) >= 11 is 2.12. The van der Waals surface area contributed by atoms with Gasteiger partial charge in [0.2, 0.25) is 0 Å². The van der Waals surface area contributed by atoms with Gasteiger partial charge < -0.3 is 5.32 Å². The second-order valence-electron chi connectivity index (χ2n) is 6.17. The fourth-order valence-electron chi connectivity index (χ4n) is 3.21. The fourth-order valence-corrected chi connectivity index (χ4v) is 4.50. The van der Waals surface area contributed by atoms with Crippen LogP contribution in [0.5, 0.6) is 0 Å². The summed E-state index contributed by atoms with van der Waals surface area (Å²) in [5.74, 6) is 3.68. The highest BCUT2D eigenvalue weighted by molar-refractivity contribution is 7.99. The highest BCUT2D eigenvalue weighted by atomic mass is 32.2. The molecule has 1 aromatic rings. The molecule has 2 fully saturated rings. The molecule has 0 radical (unpaired) electrons. The van der Waals surface area contributed by atoms with E-state index in [1.54, 1.807) is 0 Å². The summed E-state index contributed by atoms with van der Waals surface area (Å²) in [6.45, 7) is 4.85. The predicted molar refractivity (Wildman–Crippen MR) is 88.2 cm³/mol. The van der Waals surface area contributed by atoms with E-state index >= 15 is 0 Å². The zero-order valence-corrected chi connectivity index (χ0v) is 13.1. The first-order valence-electron chi connectivity index (χ1n) is 7.97. The second kappa shape index (κ2) is 7.48. The number of hydrogen-bond donors (Lipinski definition) is 1. The minimum absolute atomic E-state index is 0.757. The molecule has 1 unspecified atom stereocenters. The molecule has 110 valence electrons. The van der Waals surface area contributed by atoms with Crippen LogP contribution in [0.4, 0.5) is 0 Å². The molecule has 3 rings (SSSR count). The highest BCUT2D eigenvalue weighted by Gasteiger charge is 2.21. The number of benzene rings is 1. The first kappa shape index (κ1) is 14.4. The number of nitrogens with zero attached hydrogens (tertiary/aromatic N) is 1. The molecule has 3 heteroatoms. The van der Waals surface area contributed by atoms with E-state index < -0.39 is 0 Å². The van der Waals surface area contributed by atoms with Gasteiger partial charge in [-0.2, -0.15) is 11.8 Å². The van der Waals surface area contributed by atoms with E-state index in [1.807, 2.05) is 0 Å². The van der Waals surface area contributed by atoms with Crippen molar-refractivity contribution < 1.29 is 0 Å². The van der Waals surface area contributed by atoms with Crippen LogP contribution in [-0.4, -0.2) is 42.1 Å². The lowest BCUT2D eigenvalue weighted by Crippen LogP contribution is -2.43. The summed E-state index contributed by atoms with van der Waals surface area (Å²) in [7, 11) is 0. The number of rotatable bonds is 5. The van der Waals surface area contributed by atoms with Crippen LogP contribution < -0.4 is 5.32 Å². The number of likely N-dealkylation sites (tertiary alicyclic amines) is 1. The Balaban J connectivity index is 1.36. The maximum atomic E-state index is 3.81. The molecular weight excluding hydrogens is 264 g/mol. The van der Waals surface area contributed by atoms with Crippen molar-refractivity contribution in [1.29, 1.82) is 0 Å². The second-order valence-corrected chi connectivity index (χ2v) is 7.32. The molecule has 0 amide bonds. The van der Waals surface area contributed by atoms with Gasteiger partial charge >= 0.3 is 0 Å². The van der Waals surface area contributed by atoms with Crippen molar-refractivity contribution in [3.63, 3.8) is 0 Å². The SMILES string of the molecule is c1ccc(CN2CCC(NCC3CCSC3)CC2)cc1. The number of nitrogens with one attached hydrogen (secondary N) is 1. The Morgan fingerprint density at radius 1 is 1.10 bits per heavy atom. The molecule has 0 spiro atoms. The van der Waals surface area contributed by atoms with Gasteiger partial charge in [-0.1, -0.05) is 30.3 Å². The van der Waals surface area contributed by atoms with E-state index in [0.717, 1.165) is 18.5 Å². The zero-order chi connectivity index (χ0) is 13.6. The standard InChI is InChI=1S/C17H26N2S/c1-2-4-15(5-3-1)13-19-9-6-17(7-10-19)18-12-16-8-11-20-14-16/h1-5,16-18H,6-14H2. The quantitative estimate of drug-likeness (QED) is 0.897. The van der Waals surface area contributed by atoms with Crippen molar-refractivity contribution in [1.82, 2.24) is 10.2 Å². The summed E-state index contributed by atoms with van der Waals surface area (Å²) < 4.78 is 0. The first-order chi connectivity index (χ1) is 9.90. The third-order valence-electron chi connectivity index (χ3n) is 4.56. The Hall–Kier alpha value is -0.510. The van der Waals surface area contributed by atoms with Crippen LogP contribution in [0.15, 0.2) is 30.3 Å². The number of piperidine rings is 1. The van der Waals surface area contributed by atoms with Crippen LogP contribution in [0.25, 0.3) is 0 Å². The molecule has 1 aromatic carbocycles. The Kier molecular flexibility index (Phi) is 5.40. The molecule has 0 aliphatic carbocycles. The maximum Gasteiger partial charge on any atom is 0.0233 e. The van der Waals surface area contributed by atoms with E-state index in [2.05, 4.69) is 52.3 Å². The molecule has 0 bridgehead atoms. The summed E-state index contributed by atoms with van der Waals surface area (Å²) in [6, 6.07) is 11.6. The van der Waals surface area contributed by atoms with Gasteiger partial charge in [-0.15, -0.1) is 0 Å². The van der Waals surface area contributed by atoms with Crippen molar-refractivity contribution >= 4 is 11.8 Å². The molecule has 0 saturated carbocycles. The topological polar surface area (TPSA) is 15.3 Å². The van der Waals surface area contributed by atoms with Crippen LogP contribution in [0, 0.1) is 5.92 Å². The van der Waals surface area contributed by atoms with Gasteiger partial charge in [0, 0.05) is 12.6 Å². The van der Waals surface area contributed by atoms with Crippen molar-refractivity contribution in [2.75, 3.05) is 31.1 Å². The average molecular weight is 290 g/mol. The normalized spacial score (nSPS) is 25.1. The van der Waals surface area contributed by atoms with Gasteiger partial charge in [0.25, 0.3) is 0 Å². The van der Waals surface area contributed by atoms with E-state index in [4.69, 9.17) is 0 Å². The average Bonchev–Trinajstić information content (AvgIpc) is 3.01. The molecule has 2 aliphatic rings. The van der Waals surface area contributed by atoms with Crippen LogP contribution >= 0.6 is 11.8 Å². The summed E-state index contributed by atoms with van der Waals surface area (Å²) in [5.41, 5.74) is 1.45. The van der Waals surface area contributed by atoms with Gasteiger partial charge in [0.15, 0.2) is 0 Å². The van der Waals surface area contributed by atoms with E-state index in [1.165, 1.54) is 56.0 Å². The predicted octanol–water partition coefficient (Wildman–Crippen LogP) is 2.99. The van der Waals surface area contributed by atoms with Crippen LogP contribution in [-0.2, 0) is 6.54 Å². The van der Waals surface area contributed by atoms with E-state index in [9.17, 15) is 0 Å². The third kappa shape index (κ3) is 4.24. The summed E-state index contributed by atoms with van der Waals surface area (Å²) in [5, 5.41) is 3.81. The monoisotopic (exact) mass is 290 g/mol. The largest absolute Gasteiger partial charge is 0.314 e. The van der Waals surface area contributed by atoms with Gasteiger partial charge in [-0.05, 0) is 61.9 Å². The minimum Gasteiger partial charge on any atom is -0.314 e. The minimum atomic E-state index is 0.757.